The lowest BCUT2D eigenvalue weighted by molar-refractivity contribution is 0.282. The first-order valence-corrected chi connectivity index (χ1v) is 8.01. The molecule has 0 amide bonds. The Balaban J connectivity index is 3.24. The molecule has 0 radical (unpaired) electrons. The summed E-state index contributed by atoms with van der Waals surface area (Å²) in [6.45, 7) is 2.57. The monoisotopic (exact) mass is 264 g/mol. The normalized spacial score (nSPS) is 12.3. The predicted molar refractivity (Wildman–Crippen MR) is 86.3 cm³/mol. The van der Waals surface area contributed by atoms with Gasteiger partial charge in [0, 0.05) is 6.61 Å². The number of hydrogen-bond acceptors (Lipinski definition) is 1. The lowest BCUT2D eigenvalue weighted by Crippen LogP contribution is -1.83. The van der Waals surface area contributed by atoms with Crippen molar-refractivity contribution >= 4 is 0 Å². The molecule has 0 bridgehead atoms. The zero-order chi connectivity index (χ0) is 14.0. The largest absolute Gasteiger partial charge is 0.396 e. The van der Waals surface area contributed by atoms with Gasteiger partial charge in [0.05, 0.1) is 0 Å². The summed E-state index contributed by atoms with van der Waals surface area (Å²) < 4.78 is 0. The van der Waals surface area contributed by atoms with Crippen molar-refractivity contribution in [1.82, 2.24) is 0 Å². The smallest absolute Gasteiger partial charge is 0.0431 e. The molecule has 0 saturated carbocycles. The molecule has 0 aromatic rings. The molecule has 0 saturated heterocycles. The molecule has 110 valence electrons. The molecule has 0 aromatic heterocycles. The van der Waals surface area contributed by atoms with Crippen LogP contribution in [-0.4, -0.2) is 11.7 Å². The highest BCUT2D eigenvalue weighted by molar-refractivity contribution is 5.10. The number of aliphatic hydroxyl groups excluding tert-OH is 1. The number of allylic oxidation sites excluding steroid dienone is 6. The second kappa shape index (κ2) is 17.2. The Morgan fingerprint density at radius 1 is 0.632 bits per heavy atom. The Bertz CT molecular complexity index is 238. The van der Waals surface area contributed by atoms with Crippen molar-refractivity contribution in [3.05, 3.63) is 36.5 Å². The third-order valence-electron chi connectivity index (χ3n) is 3.11. The summed E-state index contributed by atoms with van der Waals surface area (Å²) in [6, 6.07) is 0. The van der Waals surface area contributed by atoms with Gasteiger partial charge in [-0.05, 0) is 25.7 Å². The zero-order valence-electron chi connectivity index (χ0n) is 12.7. The fourth-order valence-electron chi connectivity index (χ4n) is 1.88. The summed E-state index contributed by atoms with van der Waals surface area (Å²) in [6.07, 6.45) is 25.3. The van der Waals surface area contributed by atoms with Gasteiger partial charge in [-0.25, -0.2) is 0 Å². The van der Waals surface area contributed by atoms with Crippen LogP contribution in [0.4, 0.5) is 0 Å². The molecular weight excluding hydrogens is 232 g/mol. The second-order valence-electron chi connectivity index (χ2n) is 5.02. The van der Waals surface area contributed by atoms with Gasteiger partial charge >= 0.3 is 0 Å². The Morgan fingerprint density at radius 3 is 1.74 bits per heavy atom. The van der Waals surface area contributed by atoms with Gasteiger partial charge in [-0.15, -0.1) is 0 Å². The van der Waals surface area contributed by atoms with Gasteiger partial charge in [-0.2, -0.15) is 0 Å². The molecule has 0 aliphatic carbocycles. The van der Waals surface area contributed by atoms with Gasteiger partial charge in [0.15, 0.2) is 0 Å². The van der Waals surface area contributed by atoms with Crippen LogP contribution in [-0.2, 0) is 0 Å². The van der Waals surface area contributed by atoms with Crippen molar-refractivity contribution in [2.24, 2.45) is 0 Å². The van der Waals surface area contributed by atoms with Crippen LogP contribution in [0.25, 0.3) is 0 Å². The van der Waals surface area contributed by atoms with Gasteiger partial charge < -0.3 is 5.11 Å². The van der Waals surface area contributed by atoms with Crippen LogP contribution in [0.5, 0.6) is 0 Å². The predicted octanol–water partition coefficient (Wildman–Crippen LogP) is 5.57. The van der Waals surface area contributed by atoms with Gasteiger partial charge in [-0.3, -0.25) is 0 Å². The fraction of sp³-hybridized carbons (Fsp3) is 0.667. The van der Waals surface area contributed by atoms with Gasteiger partial charge in [-0.1, -0.05) is 81.9 Å². The molecule has 0 aliphatic heterocycles. The molecule has 0 unspecified atom stereocenters. The van der Waals surface area contributed by atoms with Gasteiger partial charge in [0.2, 0.25) is 0 Å². The minimum atomic E-state index is 0.349. The fourth-order valence-corrected chi connectivity index (χ4v) is 1.88. The quantitative estimate of drug-likeness (QED) is 0.340. The summed E-state index contributed by atoms with van der Waals surface area (Å²) >= 11 is 0. The van der Waals surface area contributed by atoms with E-state index in [0.29, 0.717) is 6.61 Å². The van der Waals surface area contributed by atoms with Crippen LogP contribution in [0.2, 0.25) is 0 Å². The standard InChI is InChI=1S/C18H32O/c1-2-3-4-5-6-7-8-9-10-11-12-13-14-15-16-17-18-19/h5-10,19H,2-4,11-18H2,1H3/b6-5+,8-7+,10-9+. The van der Waals surface area contributed by atoms with Crippen LogP contribution in [0.3, 0.4) is 0 Å². The van der Waals surface area contributed by atoms with Crippen molar-refractivity contribution < 1.29 is 5.11 Å². The van der Waals surface area contributed by atoms with E-state index >= 15 is 0 Å². The van der Waals surface area contributed by atoms with Crippen molar-refractivity contribution in [3.63, 3.8) is 0 Å². The molecule has 1 nitrogen and oxygen atoms in total. The summed E-state index contributed by atoms with van der Waals surface area (Å²) in [5.74, 6) is 0. The van der Waals surface area contributed by atoms with E-state index in [1.165, 1.54) is 57.8 Å². The first-order valence-electron chi connectivity index (χ1n) is 8.01. The summed E-state index contributed by atoms with van der Waals surface area (Å²) in [5.41, 5.74) is 0. The second-order valence-corrected chi connectivity index (χ2v) is 5.02. The number of hydrogen-bond donors (Lipinski definition) is 1. The highest BCUT2D eigenvalue weighted by Crippen LogP contribution is 2.07. The maximum absolute atomic E-state index is 8.65. The molecule has 0 atom stereocenters. The molecular formula is C18H32O. The summed E-state index contributed by atoms with van der Waals surface area (Å²) in [5, 5.41) is 8.65. The van der Waals surface area contributed by atoms with Crippen LogP contribution in [0.15, 0.2) is 36.5 Å². The van der Waals surface area contributed by atoms with Crippen molar-refractivity contribution in [2.45, 2.75) is 71.1 Å². The third kappa shape index (κ3) is 17.2. The van der Waals surface area contributed by atoms with Crippen molar-refractivity contribution in [2.75, 3.05) is 6.61 Å². The Hall–Kier alpha value is -0.820. The van der Waals surface area contributed by atoms with E-state index in [9.17, 15) is 0 Å². The van der Waals surface area contributed by atoms with Crippen LogP contribution < -0.4 is 0 Å². The van der Waals surface area contributed by atoms with Gasteiger partial charge in [0.25, 0.3) is 0 Å². The molecule has 1 N–H and O–H groups in total. The van der Waals surface area contributed by atoms with Gasteiger partial charge in [0.1, 0.15) is 0 Å². The first-order chi connectivity index (χ1) is 9.41. The number of unbranched alkanes of at least 4 members (excludes halogenated alkanes) is 8. The lowest BCUT2D eigenvalue weighted by Gasteiger charge is -1.98. The van der Waals surface area contributed by atoms with Crippen LogP contribution in [0.1, 0.15) is 71.1 Å². The van der Waals surface area contributed by atoms with Crippen molar-refractivity contribution in [3.8, 4) is 0 Å². The van der Waals surface area contributed by atoms with E-state index in [1.54, 1.807) is 0 Å². The SMILES string of the molecule is CCCC/C=C/C=C/C=C/CCCCCCCCO. The van der Waals surface area contributed by atoms with E-state index in [-0.39, 0.29) is 0 Å². The minimum absolute atomic E-state index is 0.349. The van der Waals surface area contributed by atoms with Crippen LogP contribution in [0, 0.1) is 0 Å². The molecule has 1 heteroatoms. The maximum Gasteiger partial charge on any atom is 0.0431 e. The summed E-state index contributed by atoms with van der Waals surface area (Å²) in [4.78, 5) is 0. The maximum atomic E-state index is 8.65. The average Bonchev–Trinajstić information content (AvgIpc) is 2.43. The number of aliphatic hydroxyl groups is 1. The molecule has 0 aliphatic rings. The summed E-state index contributed by atoms with van der Waals surface area (Å²) in [7, 11) is 0. The molecule has 0 rings (SSSR count). The Labute approximate surface area is 120 Å². The van der Waals surface area contributed by atoms with Crippen LogP contribution >= 0.6 is 0 Å². The molecule has 0 heterocycles. The Morgan fingerprint density at radius 2 is 1.16 bits per heavy atom. The topological polar surface area (TPSA) is 20.2 Å². The lowest BCUT2D eigenvalue weighted by atomic mass is 10.1. The van der Waals surface area contributed by atoms with E-state index in [0.717, 1.165) is 6.42 Å². The average molecular weight is 264 g/mol. The zero-order valence-corrected chi connectivity index (χ0v) is 12.7. The van der Waals surface area contributed by atoms with E-state index < -0.39 is 0 Å². The van der Waals surface area contributed by atoms with Crippen molar-refractivity contribution in [1.29, 1.82) is 0 Å². The highest BCUT2D eigenvalue weighted by atomic mass is 16.2. The molecule has 0 spiro atoms. The third-order valence-corrected chi connectivity index (χ3v) is 3.11. The minimum Gasteiger partial charge on any atom is -0.396 e. The molecule has 0 fully saturated rings. The number of rotatable bonds is 13. The Kier molecular flexibility index (Phi) is 16.4. The molecule has 19 heavy (non-hydrogen) atoms. The first kappa shape index (κ1) is 18.2. The highest BCUT2D eigenvalue weighted by Gasteiger charge is 1.89. The van der Waals surface area contributed by atoms with E-state index in [2.05, 4.69) is 43.4 Å². The molecule has 0 aromatic carbocycles. The van der Waals surface area contributed by atoms with E-state index in [4.69, 9.17) is 5.11 Å². The van der Waals surface area contributed by atoms with E-state index in [1.807, 2.05) is 0 Å².